The predicted octanol–water partition coefficient (Wildman–Crippen LogP) is 5.62. The predicted molar refractivity (Wildman–Crippen MR) is 123 cm³/mol. The summed E-state index contributed by atoms with van der Waals surface area (Å²) in [7, 11) is 0. The molecule has 0 aliphatic carbocycles. The lowest BCUT2D eigenvalue weighted by atomic mass is 10.1. The molecule has 0 bridgehead atoms. The van der Waals surface area contributed by atoms with Crippen LogP contribution < -0.4 is 10.2 Å². The Morgan fingerprint density at radius 2 is 1.67 bits per heavy atom. The normalized spacial score (nSPS) is 10.6. The minimum atomic E-state index is 0.606. The molecule has 0 atom stereocenters. The number of nitrogens with one attached hydrogen (secondary N) is 1. The molecule has 150 valence electrons. The van der Waals surface area contributed by atoms with Gasteiger partial charge in [0.05, 0.1) is 5.69 Å². The van der Waals surface area contributed by atoms with Crippen LogP contribution in [0.15, 0.2) is 85.2 Å². The number of hydrogen-bond donors (Lipinski definition) is 1. The van der Waals surface area contributed by atoms with E-state index in [1.807, 2.05) is 30.3 Å². The Morgan fingerprint density at radius 3 is 2.40 bits per heavy atom. The molecule has 2 aromatic carbocycles. The van der Waals surface area contributed by atoms with Gasteiger partial charge in [0.25, 0.3) is 0 Å². The summed E-state index contributed by atoms with van der Waals surface area (Å²) in [5.74, 6) is 1.48. The van der Waals surface area contributed by atoms with Crippen molar-refractivity contribution in [3.05, 3.63) is 96.3 Å². The van der Waals surface area contributed by atoms with Crippen molar-refractivity contribution in [2.24, 2.45) is 0 Å². The molecule has 4 aromatic rings. The van der Waals surface area contributed by atoms with E-state index >= 15 is 0 Å². The van der Waals surface area contributed by atoms with E-state index in [0.717, 1.165) is 34.9 Å². The van der Waals surface area contributed by atoms with Crippen molar-refractivity contribution >= 4 is 17.5 Å². The molecule has 1 N–H and O–H groups in total. The molecule has 0 amide bonds. The first-order chi connectivity index (χ1) is 14.7. The smallest absolute Gasteiger partial charge is 0.225 e. The van der Waals surface area contributed by atoms with Crippen molar-refractivity contribution in [2.45, 2.75) is 20.4 Å². The largest absolute Gasteiger partial charge is 0.350 e. The first-order valence-electron chi connectivity index (χ1n) is 10.1. The van der Waals surface area contributed by atoms with Gasteiger partial charge in [0, 0.05) is 42.8 Å². The highest BCUT2D eigenvalue weighted by atomic mass is 15.2. The number of aromatic nitrogens is 3. The van der Waals surface area contributed by atoms with Gasteiger partial charge in [-0.3, -0.25) is 4.98 Å². The van der Waals surface area contributed by atoms with Crippen LogP contribution in [0.25, 0.3) is 11.3 Å². The van der Waals surface area contributed by atoms with E-state index in [1.165, 1.54) is 5.56 Å². The number of pyridine rings is 1. The Bertz CT molecular complexity index is 1100. The zero-order chi connectivity index (χ0) is 20.8. The molecule has 0 saturated carbocycles. The van der Waals surface area contributed by atoms with Crippen molar-refractivity contribution < 1.29 is 0 Å². The van der Waals surface area contributed by atoms with Gasteiger partial charge in [-0.15, -0.1) is 0 Å². The Morgan fingerprint density at radius 1 is 0.867 bits per heavy atom. The molecule has 0 aliphatic rings. The number of rotatable bonds is 7. The van der Waals surface area contributed by atoms with E-state index in [-0.39, 0.29) is 0 Å². The Hall–Kier alpha value is -3.73. The van der Waals surface area contributed by atoms with E-state index in [4.69, 9.17) is 9.97 Å². The second-order valence-corrected chi connectivity index (χ2v) is 7.09. The van der Waals surface area contributed by atoms with Crippen LogP contribution in [0.4, 0.5) is 17.5 Å². The number of anilines is 3. The second-order valence-electron chi connectivity index (χ2n) is 7.09. The van der Waals surface area contributed by atoms with Crippen LogP contribution in [0, 0.1) is 6.92 Å². The van der Waals surface area contributed by atoms with Crippen LogP contribution in [0.2, 0.25) is 0 Å². The van der Waals surface area contributed by atoms with E-state index in [1.54, 1.807) is 12.4 Å². The molecule has 0 spiro atoms. The number of aryl methyl sites for hydroxylation is 1. The van der Waals surface area contributed by atoms with Gasteiger partial charge in [-0.05, 0) is 49.2 Å². The number of benzene rings is 2. The molecular weight excluding hydrogens is 370 g/mol. The van der Waals surface area contributed by atoms with Gasteiger partial charge in [0.15, 0.2) is 0 Å². The fraction of sp³-hybridized carbons (Fsp3) is 0.160. The van der Waals surface area contributed by atoms with Crippen molar-refractivity contribution in [3.63, 3.8) is 0 Å². The summed E-state index contributed by atoms with van der Waals surface area (Å²) >= 11 is 0. The highest BCUT2D eigenvalue weighted by molar-refractivity contribution is 5.69. The molecule has 30 heavy (non-hydrogen) atoms. The van der Waals surface area contributed by atoms with Crippen molar-refractivity contribution in [2.75, 3.05) is 16.8 Å². The van der Waals surface area contributed by atoms with Gasteiger partial charge in [-0.2, -0.15) is 4.98 Å². The van der Waals surface area contributed by atoms with E-state index in [0.29, 0.717) is 12.5 Å². The maximum atomic E-state index is 4.84. The maximum Gasteiger partial charge on any atom is 0.225 e. The average Bonchev–Trinajstić information content (AvgIpc) is 2.79. The zero-order valence-electron chi connectivity index (χ0n) is 17.3. The zero-order valence-corrected chi connectivity index (χ0v) is 17.3. The molecule has 5 nitrogen and oxygen atoms in total. The van der Waals surface area contributed by atoms with Crippen LogP contribution in [0.5, 0.6) is 0 Å². The molecule has 0 fully saturated rings. The molecule has 2 aromatic heterocycles. The van der Waals surface area contributed by atoms with Gasteiger partial charge < -0.3 is 10.2 Å². The standard InChI is InChI=1S/C25H25N5/c1-3-30(22-11-7-8-19(2)16-22)24-17-23(21-9-5-4-6-10-21)28-25(29-24)27-18-20-12-14-26-15-13-20/h4-17H,3,18H2,1-2H3,(H,27,28,29). The monoisotopic (exact) mass is 395 g/mol. The summed E-state index contributed by atoms with van der Waals surface area (Å²) in [6.45, 7) is 5.68. The lowest BCUT2D eigenvalue weighted by molar-refractivity contribution is 0.966. The minimum Gasteiger partial charge on any atom is -0.350 e. The average molecular weight is 396 g/mol. The van der Waals surface area contributed by atoms with Crippen molar-refractivity contribution in [1.82, 2.24) is 15.0 Å². The number of hydrogen-bond acceptors (Lipinski definition) is 5. The maximum absolute atomic E-state index is 4.84. The third-order valence-corrected chi connectivity index (χ3v) is 4.89. The summed E-state index contributed by atoms with van der Waals surface area (Å²) in [4.78, 5) is 15.9. The van der Waals surface area contributed by atoms with Crippen LogP contribution in [-0.4, -0.2) is 21.5 Å². The van der Waals surface area contributed by atoms with E-state index in [9.17, 15) is 0 Å². The second kappa shape index (κ2) is 9.18. The van der Waals surface area contributed by atoms with Gasteiger partial charge in [-0.25, -0.2) is 4.98 Å². The van der Waals surface area contributed by atoms with Crippen molar-refractivity contribution in [3.8, 4) is 11.3 Å². The Balaban J connectivity index is 1.73. The third kappa shape index (κ3) is 4.63. The van der Waals surface area contributed by atoms with Gasteiger partial charge in [-0.1, -0.05) is 42.5 Å². The lowest BCUT2D eigenvalue weighted by Gasteiger charge is -2.23. The summed E-state index contributed by atoms with van der Waals surface area (Å²) in [5, 5.41) is 3.38. The molecule has 4 rings (SSSR count). The summed E-state index contributed by atoms with van der Waals surface area (Å²) < 4.78 is 0. The quantitative estimate of drug-likeness (QED) is 0.440. The van der Waals surface area contributed by atoms with Crippen LogP contribution in [0.1, 0.15) is 18.1 Å². The van der Waals surface area contributed by atoms with Gasteiger partial charge in [0.1, 0.15) is 5.82 Å². The van der Waals surface area contributed by atoms with E-state index < -0.39 is 0 Å². The highest BCUT2D eigenvalue weighted by Gasteiger charge is 2.14. The molecule has 5 heteroatoms. The fourth-order valence-electron chi connectivity index (χ4n) is 3.36. The molecule has 0 radical (unpaired) electrons. The van der Waals surface area contributed by atoms with Crippen LogP contribution in [-0.2, 0) is 6.54 Å². The van der Waals surface area contributed by atoms with E-state index in [2.05, 4.69) is 71.5 Å². The van der Waals surface area contributed by atoms with Gasteiger partial charge >= 0.3 is 0 Å². The molecule has 2 heterocycles. The van der Waals surface area contributed by atoms with Crippen LogP contribution >= 0.6 is 0 Å². The first-order valence-corrected chi connectivity index (χ1v) is 10.1. The summed E-state index contributed by atoms with van der Waals surface area (Å²) in [6.07, 6.45) is 3.58. The summed E-state index contributed by atoms with van der Waals surface area (Å²) in [6, 6.07) is 24.7. The Kier molecular flexibility index (Phi) is 5.99. The lowest BCUT2D eigenvalue weighted by Crippen LogP contribution is -2.19. The molecule has 0 aliphatic heterocycles. The highest BCUT2D eigenvalue weighted by Crippen LogP contribution is 2.29. The SMILES string of the molecule is CCN(c1cccc(C)c1)c1cc(-c2ccccc2)nc(NCc2ccncc2)n1. The minimum absolute atomic E-state index is 0.606. The Labute approximate surface area is 177 Å². The molecule has 0 saturated heterocycles. The van der Waals surface area contributed by atoms with Crippen LogP contribution in [0.3, 0.4) is 0 Å². The number of nitrogens with zero attached hydrogens (tertiary/aromatic N) is 4. The molecular formula is C25H25N5. The van der Waals surface area contributed by atoms with Crippen molar-refractivity contribution in [1.29, 1.82) is 0 Å². The third-order valence-electron chi connectivity index (χ3n) is 4.89. The summed E-state index contributed by atoms with van der Waals surface area (Å²) in [5.41, 5.74) is 5.43. The molecule has 0 unspecified atom stereocenters. The van der Waals surface area contributed by atoms with Gasteiger partial charge in [0.2, 0.25) is 5.95 Å². The topological polar surface area (TPSA) is 53.9 Å². The first kappa shape index (κ1) is 19.6. The fourth-order valence-corrected chi connectivity index (χ4v) is 3.36.